The average molecular weight is 470 g/mol. The minimum Gasteiger partial charge on any atom is -0.485 e. The van der Waals surface area contributed by atoms with Crippen LogP contribution in [0.15, 0.2) is 48.7 Å². The number of benzene rings is 2. The van der Waals surface area contributed by atoms with E-state index in [2.05, 4.69) is 10.3 Å². The summed E-state index contributed by atoms with van der Waals surface area (Å²) in [6, 6.07) is 11.1. The van der Waals surface area contributed by atoms with E-state index >= 15 is 0 Å². The maximum absolute atomic E-state index is 13.9. The molecule has 34 heavy (non-hydrogen) atoms. The lowest BCUT2D eigenvalue weighted by atomic mass is 10.0. The molecule has 0 bridgehead atoms. The van der Waals surface area contributed by atoms with Gasteiger partial charge in [-0.3, -0.25) is 4.79 Å². The van der Waals surface area contributed by atoms with Crippen molar-refractivity contribution in [1.82, 2.24) is 15.2 Å². The van der Waals surface area contributed by atoms with Crippen LogP contribution >= 0.6 is 0 Å². The number of anilines is 1. The zero-order valence-corrected chi connectivity index (χ0v) is 18.8. The standard InChI is InChI=1S/C25H25F3N4O2/c1-14-11-32(12-15(2)31-14)25(33)17-5-3-16(4-6-17)19-9-21(24(29)30-10-19)34-13-18-7-8-20(26)23(28)22(18)27/h3-10,14-15,31H,11-13H2,1-2H3,(H2,29,30). The topological polar surface area (TPSA) is 80.5 Å². The van der Waals surface area contributed by atoms with Gasteiger partial charge in [0.05, 0.1) is 0 Å². The van der Waals surface area contributed by atoms with Crippen molar-refractivity contribution in [2.24, 2.45) is 0 Å². The number of hydrogen-bond donors (Lipinski definition) is 2. The number of carbonyl (C=O) groups is 1. The van der Waals surface area contributed by atoms with Crippen molar-refractivity contribution in [2.45, 2.75) is 32.5 Å². The van der Waals surface area contributed by atoms with Crippen LogP contribution in [0.3, 0.4) is 0 Å². The third-order valence-corrected chi connectivity index (χ3v) is 5.69. The number of ether oxygens (including phenoxy) is 1. The van der Waals surface area contributed by atoms with Gasteiger partial charge in [0.1, 0.15) is 6.61 Å². The van der Waals surface area contributed by atoms with E-state index in [1.807, 2.05) is 18.7 Å². The number of hydrogen-bond acceptors (Lipinski definition) is 5. The van der Waals surface area contributed by atoms with Gasteiger partial charge in [0, 0.05) is 48.1 Å². The third-order valence-electron chi connectivity index (χ3n) is 5.69. The molecule has 9 heteroatoms. The lowest BCUT2D eigenvalue weighted by molar-refractivity contribution is 0.0674. The van der Waals surface area contributed by atoms with Gasteiger partial charge in [-0.2, -0.15) is 0 Å². The predicted octanol–water partition coefficient (Wildman–Crippen LogP) is 4.15. The van der Waals surface area contributed by atoms with Crippen LogP contribution < -0.4 is 15.8 Å². The first-order chi connectivity index (χ1) is 16.2. The van der Waals surface area contributed by atoms with E-state index in [0.717, 1.165) is 17.7 Å². The van der Waals surface area contributed by atoms with E-state index < -0.39 is 17.5 Å². The van der Waals surface area contributed by atoms with E-state index in [-0.39, 0.29) is 41.7 Å². The minimum atomic E-state index is -1.56. The summed E-state index contributed by atoms with van der Waals surface area (Å²) in [4.78, 5) is 18.9. The fourth-order valence-electron chi connectivity index (χ4n) is 4.04. The van der Waals surface area contributed by atoms with Crippen LogP contribution in [0.4, 0.5) is 19.0 Å². The first kappa shape index (κ1) is 23.6. The number of rotatable bonds is 5. The smallest absolute Gasteiger partial charge is 0.253 e. The van der Waals surface area contributed by atoms with Gasteiger partial charge in [-0.15, -0.1) is 0 Å². The second-order valence-corrected chi connectivity index (χ2v) is 8.49. The van der Waals surface area contributed by atoms with Crippen molar-refractivity contribution in [3.8, 4) is 16.9 Å². The van der Waals surface area contributed by atoms with Crippen LogP contribution in [0, 0.1) is 17.5 Å². The van der Waals surface area contributed by atoms with Crippen molar-refractivity contribution in [2.75, 3.05) is 18.8 Å². The van der Waals surface area contributed by atoms with Crippen molar-refractivity contribution in [3.63, 3.8) is 0 Å². The molecule has 0 radical (unpaired) electrons. The number of nitrogen functional groups attached to an aromatic ring is 1. The molecular formula is C25H25F3N4O2. The fraction of sp³-hybridized carbons (Fsp3) is 0.280. The number of pyridine rings is 1. The molecule has 2 heterocycles. The number of piperazine rings is 1. The van der Waals surface area contributed by atoms with Crippen LogP contribution in [0.2, 0.25) is 0 Å². The number of nitrogens with two attached hydrogens (primary N) is 1. The fourth-order valence-corrected chi connectivity index (χ4v) is 4.04. The Hall–Kier alpha value is -3.59. The summed E-state index contributed by atoms with van der Waals surface area (Å²) in [5.74, 6) is -3.92. The molecule has 1 fully saturated rings. The van der Waals surface area contributed by atoms with Crippen LogP contribution in [0.1, 0.15) is 29.8 Å². The largest absolute Gasteiger partial charge is 0.485 e. The molecule has 2 aromatic carbocycles. The van der Waals surface area contributed by atoms with Crippen molar-refractivity contribution >= 4 is 11.7 Å². The Labute approximate surface area is 195 Å². The van der Waals surface area contributed by atoms with Gasteiger partial charge in [0.25, 0.3) is 5.91 Å². The molecule has 3 N–H and O–H groups in total. The van der Waals surface area contributed by atoms with Crippen LogP contribution in [0.5, 0.6) is 5.75 Å². The van der Waals surface area contributed by atoms with Crippen molar-refractivity contribution < 1.29 is 22.7 Å². The van der Waals surface area contributed by atoms with Crippen LogP contribution in [0.25, 0.3) is 11.1 Å². The summed E-state index contributed by atoms with van der Waals surface area (Å²) in [6.45, 7) is 5.03. The molecule has 0 spiro atoms. The van der Waals surface area contributed by atoms with E-state index in [9.17, 15) is 18.0 Å². The van der Waals surface area contributed by atoms with Gasteiger partial charge in [-0.1, -0.05) is 12.1 Å². The Bertz CT molecular complexity index is 1190. The highest BCUT2D eigenvalue weighted by Gasteiger charge is 2.25. The predicted molar refractivity (Wildman–Crippen MR) is 123 cm³/mol. The summed E-state index contributed by atoms with van der Waals surface area (Å²) < 4.78 is 46.0. The first-order valence-corrected chi connectivity index (χ1v) is 10.9. The highest BCUT2D eigenvalue weighted by Crippen LogP contribution is 2.28. The maximum atomic E-state index is 13.9. The molecule has 1 aromatic heterocycles. The van der Waals surface area contributed by atoms with E-state index in [1.54, 1.807) is 36.5 Å². The van der Waals surface area contributed by atoms with E-state index in [4.69, 9.17) is 10.5 Å². The quantitative estimate of drug-likeness (QED) is 0.548. The molecule has 3 aromatic rings. The molecule has 1 amide bonds. The summed E-state index contributed by atoms with van der Waals surface area (Å²) in [7, 11) is 0. The van der Waals surface area contributed by atoms with E-state index in [1.165, 1.54) is 0 Å². The molecule has 1 saturated heterocycles. The third kappa shape index (κ3) is 4.99. The molecule has 2 unspecified atom stereocenters. The summed E-state index contributed by atoms with van der Waals surface area (Å²) in [5.41, 5.74) is 7.74. The zero-order valence-electron chi connectivity index (χ0n) is 18.8. The Balaban J connectivity index is 1.49. The number of nitrogens with one attached hydrogen (secondary N) is 1. The normalized spacial score (nSPS) is 18.1. The highest BCUT2D eigenvalue weighted by molar-refractivity contribution is 5.95. The Morgan fingerprint density at radius 2 is 1.74 bits per heavy atom. The Morgan fingerprint density at radius 3 is 2.41 bits per heavy atom. The summed E-state index contributed by atoms with van der Waals surface area (Å²) >= 11 is 0. The van der Waals surface area contributed by atoms with Crippen LogP contribution in [-0.2, 0) is 6.61 Å². The molecule has 1 aliphatic heterocycles. The Morgan fingerprint density at radius 1 is 1.06 bits per heavy atom. The molecular weight excluding hydrogens is 445 g/mol. The monoisotopic (exact) mass is 470 g/mol. The van der Waals surface area contributed by atoms with Gasteiger partial charge in [0.15, 0.2) is 29.0 Å². The average Bonchev–Trinajstić information content (AvgIpc) is 2.82. The van der Waals surface area contributed by atoms with Crippen molar-refractivity contribution in [1.29, 1.82) is 0 Å². The lowest BCUT2D eigenvalue weighted by Crippen LogP contribution is -2.55. The zero-order chi connectivity index (χ0) is 24.4. The second kappa shape index (κ2) is 9.72. The van der Waals surface area contributed by atoms with Gasteiger partial charge >= 0.3 is 0 Å². The Kier molecular flexibility index (Phi) is 6.74. The minimum absolute atomic E-state index is 0.0280. The van der Waals surface area contributed by atoms with Gasteiger partial charge in [0.2, 0.25) is 0 Å². The maximum Gasteiger partial charge on any atom is 0.253 e. The van der Waals surface area contributed by atoms with Gasteiger partial charge in [-0.05, 0) is 49.7 Å². The summed E-state index contributed by atoms with van der Waals surface area (Å²) in [6.07, 6.45) is 1.55. The number of carbonyl (C=O) groups excluding carboxylic acids is 1. The highest BCUT2D eigenvalue weighted by atomic mass is 19.2. The second-order valence-electron chi connectivity index (χ2n) is 8.49. The number of nitrogens with zero attached hydrogens (tertiary/aromatic N) is 2. The molecule has 0 aliphatic carbocycles. The molecule has 2 atom stereocenters. The molecule has 1 aliphatic rings. The van der Waals surface area contributed by atoms with Gasteiger partial charge in [-0.25, -0.2) is 18.2 Å². The molecule has 0 saturated carbocycles. The number of aromatic nitrogens is 1. The van der Waals surface area contributed by atoms with Crippen molar-refractivity contribution in [3.05, 3.63) is 77.2 Å². The summed E-state index contributed by atoms with van der Waals surface area (Å²) in [5, 5.41) is 3.41. The first-order valence-electron chi connectivity index (χ1n) is 10.9. The van der Waals surface area contributed by atoms with E-state index in [0.29, 0.717) is 24.2 Å². The molecule has 6 nitrogen and oxygen atoms in total. The lowest BCUT2D eigenvalue weighted by Gasteiger charge is -2.36. The van der Waals surface area contributed by atoms with Crippen LogP contribution in [-0.4, -0.2) is 41.0 Å². The SMILES string of the molecule is CC1CN(C(=O)c2ccc(-c3cnc(N)c(OCc4ccc(F)c(F)c4F)c3)cc2)CC(C)N1. The number of amides is 1. The molecule has 4 rings (SSSR count). The molecule has 178 valence electrons. The van der Waals surface area contributed by atoms with Gasteiger partial charge < -0.3 is 20.7 Å². The number of halogens is 3.